The average molecular weight is 251 g/mol. The van der Waals surface area contributed by atoms with Crippen molar-refractivity contribution in [2.75, 3.05) is 5.73 Å². The van der Waals surface area contributed by atoms with Gasteiger partial charge in [0, 0.05) is 18.3 Å². The van der Waals surface area contributed by atoms with Crippen LogP contribution in [-0.2, 0) is 13.5 Å². The van der Waals surface area contributed by atoms with Gasteiger partial charge in [-0.3, -0.25) is 0 Å². The van der Waals surface area contributed by atoms with Crippen molar-refractivity contribution >= 4 is 16.7 Å². The summed E-state index contributed by atoms with van der Waals surface area (Å²) in [4.78, 5) is 4.81. The van der Waals surface area contributed by atoms with E-state index < -0.39 is 0 Å². The number of nitrogens with zero attached hydrogens (tertiary/aromatic N) is 2. The van der Waals surface area contributed by atoms with Gasteiger partial charge in [-0.05, 0) is 42.3 Å². The molecule has 0 amide bonds. The number of para-hydroxylation sites is 1. The number of aryl methyl sites for hydroxylation is 2. The summed E-state index contributed by atoms with van der Waals surface area (Å²) in [6.07, 6.45) is 0.996. The maximum atomic E-state index is 5.74. The number of rotatable bonds is 2. The molecule has 0 aliphatic carbocycles. The van der Waals surface area contributed by atoms with Crippen LogP contribution in [-0.4, -0.2) is 9.55 Å². The van der Waals surface area contributed by atoms with E-state index >= 15 is 0 Å². The Morgan fingerprint density at radius 1 is 1.11 bits per heavy atom. The Balaban J connectivity index is 2.25. The second-order valence-electron chi connectivity index (χ2n) is 4.75. The first-order valence-electron chi connectivity index (χ1n) is 6.51. The van der Waals surface area contributed by atoms with Crippen molar-refractivity contribution in [2.24, 2.45) is 7.05 Å². The average Bonchev–Trinajstić information content (AvgIpc) is 2.77. The maximum Gasteiger partial charge on any atom is 0.140 e. The second-order valence-corrected chi connectivity index (χ2v) is 4.75. The molecule has 3 nitrogen and oxygen atoms in total. The standard InChI is InChI=1S/C16H17N3/c1-3-11-5-4-6-14-15(11)18-16(19(14)2)12-7-9-13(17)10-8-12/h4-10H,3,17H2,1-2H3. The van der Waals surface area contributed by atoms with Crippen LogP contribution in [0, 0.1) is 0 Å². The summed E-state index contributed by atoms with van der Waals surface area (Å²) in [6.45, 7) is 2.16. The van der Waals surface area contributed by atoms with Gasteiger partial charge >= 0.3 is 0 Å². The van der Waals surface area contributed by atoms with E-state index in [1.54, 1.807) is 0 Å². The van der Waals surface area contributed by atoms with Crippen LogP contribution in [0.15, 0.2) is 42.5 Å². The quantitative estimate of drug-likeness (QED) is 0.709. The van der Waals surface area contributed by atoms with Gasteiger partial charge in [-0.1, -0.05) is 19.1 Å². The third kappa shape index (κ3) is 1.87. The van der Waals surface area contributed by atoms with Gasteiger partial charge in [-0.15, -0.1) is 0 Å². The Bertz CT molecular complexity index is 724. The third-order valence-corrected chi connectivity index (χ3v) is 3.54. The summed E-state index contributed by atoms with van der Waals surface area (Å²) < 4.78 is 2.14. The summed E-state index contributed by atoms with van der Waals surface area (Å²) >= 11 is 0. The van der Waals surface area contributed by atoms with Crippen molar-refractivity contribution in [1.82, 2.24) is 9.55 Å². The van der Waals surface area contributed by atoms with Gasteiger partial charge in [0.1, 0.15) is 5.82 Å². The molecule has 1 heterocycles. The Kier molecular flexibility index (Phi) is 2.75. The molecule has 2 N–H and O–H groups in total. The lowest BCUT2D eigenvalue weighted by atomic mass is 10.1. The number of benzene rings is 2. The SMILES string of the molecule is CCc1cccc2c1nc(-c1ccc(N)cc1)n2C. The molecule has 0 aliphatic heterocycles. The number of nitrogens with two attached hydrogens (primary N) is 1. The molecule has 0 saturated heterocycles. The minimum absolute atomic E-state index is 0.775. The van der Waals surface area contributed by atoms with E-state index in [1.165, 1.54) is 11.1 Å². The summed E-state index contributed by atoms with van der Waals surface area (Å²) in [5.41, 5.74) is 11.2. The van der Waals surface area contributed by atoms with Gasteiger partial charge in [0.2, 0.25) is 0 Å². The van der Waals surface area contributed by atoms with Crippen molar-refractivity contribution in [3.05, 3.63) is 48.0 Å². The zero-order valence-corrected chi connectivity index (χ0v) is 11.2. The van der Waals surface area contributed by atoms with E-state index in [2.05, 4.69) is 36.7 Å². The molecule has 0 aliphatic rings. The number of imidazole rings is 1. The molecular formula is C16H17N3. The number of nitrogen functional groups attached to an aromatic ring is 1. The highest BCUT2D eigenvalue weighted by Crippen LogP contribution is 2.26. The molecule has 96 valence electrons. The molecule has 0 saturated carbocycles. The molecule has 19 heavy (non-hydrogen) atoms. The lowest BCUT2D eigenvalue weighted by Crippen LogP contribution is -1.92. The van der Waals surface area contributed by atoms with Crippen LogP contribution in [0.5, 0.6) is 0 Å². The molecule has 2 aromatic carbocycles. The molecule has 0 radical (unpaired) electrons. The fourth-order valence-electron chi connectivity index (χ4n) is 2.45. The number of hydrogen-bond acceptors (Lipinski definition) is 2. The fraction of sp³-hybridized carbons (Fsp3) is 0.188. The van der Waals surface area contributed by atoms with Gasteiger partial charge in [-0.2, -0.15) is 0 Å². The second kappa shape index (κ2) is 4.43. The number of anilines is 1. The molecule has 0 atom stereocenters. The molecule has 0 spiro atoms. The molecule has 1 aromatic heterocycles. The van der Waals surface area contributed by atoms with Crippen molar-refractivity contribution in [3.63, 3.8) is 0 Å². The Hall–Kier alpha value is -2.29. The zero-order chi connectivity index (χ0) is 13.4. The van der Waals surface area contributed by atoms with Crippen molar-refractivity contribution in [2.45, 2.75) is 13.3 Å². The predicted molar refractivity (Wildman–Crippen MR) is 79.9 cm³/mol. The molecular weight excluding hydrogens is 234 g/mol. The van der Waals surface area contributed by atoms with Crippen LogP contribution in [0.4, 0.5) is 5.69 Å². The van der Waals surface area contributed by atoms with E-state index in [1.807, 2.05) is 24.3 Å². The van der Waals surface area contributed by atoms with E-state index in [0.29, 0.717) is 0 Å². The highest BCUT2D eigenvalue weighted by molar-refractivity contribution is 5.83. The lowest BCUT2D eigenvalue weighted by molar-refractivity contribution is 0.959. The van der Waals surface area contributed by atoms with Gasteiger partial charge in [0.05, 0.1) is 11.0 Å². The number of hydrogen-bond donors (Lipinski definition) is 1. The van der Waals surface area contributed by atoms with Gasteiger partial charge in [0.15, 0.2) is 0 Å². The Morgan fingerprint density at radius 3 is 2.53 bits per heavy atom. The monoisotopic (exact) mass is 251 g/mol. The zero-order valence-electron chi connectivity index (χ0n) is 11.2. The topological polar surface area (TPSA) is 43.8 Å². The Morgan fingerprint density at radius 2 is 1.84 bits per heavy atom. The highest BCUT2D eigenvalue weighted by Gasteiger charge is 2.11. The smallest absolute Gasteiger partial charge is 0.140 e. The van der Waals surface area contributed by atoms with Gasteiger partial charge in [-0.25, -0.2) is 4.98 Å². The first-order chi connectivity index (χ1) is 9.20. The highest BCUT2D eigenvalue weighted by atomic mass is 15.1. The van der Waals surface area contributed by atoms with Crippen molar-refractivity contribution < 1.29 is 0 Å². The molecule has 3 heteroatoms. The normalized spacial score (nSPS) is 11.1. The van der Waals surface area contributed by atoms with Gasteiger partial charge < -0.3 is 10.3 Å². The lowest BCUT2D eigenvalue weighted by Gasteiger charge is -2.02. The first kappa shape index (κ1) is 11.8. The van der Waals surface area contributed by atoms with Crippen LogP contribution in [0.25, 0.3) is 22.4 Å². The van der Waals surface area contributed by atoms with Crippen molar-refractivity contribution in [1.29, 1.82) is 0 Å². The first-order valence-corrected chi connectivity index (χ1v) is 6.51. The molecule has 0 fully saturated rings. The van der Waals surface area contributed by atoms with E-state index in [4.69, 9.17) is 10.7 Å². The third-order valence-electron chi connectivity index (χ3n) is 3.54. The summed E-state index contributed by atoms with van der Waals surface area (Å²) in [7, 11) is 2.06. The van der Waals surface area contributed by atoms with Gasteiger partial charge in [0.25, 0.3) is 0 Å². The van der Waals surface area contributed by atoms with Crippen LogP contribution >= 0.6 is 0 Å². The molecule has 3 aromatic rings. The minimum atomic E-state index is 0.775. The summed E-state index contributed by atoms with van der Waals surface area (Å²) in [6, 6.07) is 14.2. The van der Waals surface area contributed by atoms with Crippen molar-refractivity contribution in [3.8, 4) is 11.4 Å². The van der Waals surface area contributed by atoms with Crippen LogP contribution < -0.4 is 5.73 Å². The largest absolute Gasteiger partial charge is 0.399 e. The predicted octanol–water partition coefficient (Wildman–Crippen LogP) is 3.38. The summed E-state index contributed by atoms with van der Waals surface area (Å²) in [5.74, 6) is 0.982. The van der Waals surface area contributed by atoms with E-state index in [9.17, 15) is 0 Å². The minimum Gasteiger partial charge on any atom is -0.399 e. The maximum absolute atomic E-state index is 5.74. The number of aromatic nitrogens is 2. The molecule has 0 bridgehead atoms. The van der Waals surface area contributed by atoms with Crippen LogP contribution in [0.3, 0.4) is 0 Å². The van der Waals surface area contributed by atoms with E-state index in [0.717, 1.165) is 29.0 Å². The van der Waals surface area contributed by atoms with Crippen LogP contribution in [0.2, 0.25) is 0 Å². The fourth-order valence-corrected chi connectivity index (χ4v) is 2.45. The Labute approximate surface area is 112 Å². The van der Waals surface area contributed by atoms with Crippen LogP contribution in [0.1, 0.15) is 12.5 Å². The summed E-state index contributed by atoms with van der Waals surface area (Å²) in [5, 5.41) is 0. The number of fused-ring (bicyclic) bond motifs is 1. The van der Waals surface area contributed by atoms with E-state index in [-0.39, 0.29) is 0 Å². The molecule has 0 unspecified atom stereocenters. The molecule has 3 rings (SSSR count).